The lowest BCUT2D eigenvalue weighted by molar-refractivity contribution is -0.142. The molecule has 0 aromatic heterocycles. The third kappa shape index (κ3) is 8.03. The molecule has 2 aliphatic rings. The van der Waals surface area contributed by atoms with Gasteiger partial charge < -0.3 is 33.2 Å². The number of hydrogen-bond acceptors (Lipinski definition) is 12. The minimum Gasteiger partial charge on any atom is -0.458 e. The number of rotatable bonds is 10. The Morgan fingerprint density at radius 1 is 1.20 bits per heavy atom. The maximum absolute atomic E-state index is 12.3. The van der Waals surface area contributed by atoms with Crippen LogP contribution in [0.1, 0.15) is 50.8 Å². The van der Waals surface area contributed by atoms with Crippen molar-refractivity contribution in [3.8, 4) is 0 Å². The summed E-state index contributed by atoms with van der Waals surface area (Å²) in [5, 5.41) is 0. The van der Waals surface area contributed by atoms with Crippen molar-refractivity contribution >= 4 is 36.3 Å². The highest BCUT2D eigenvalue weighted by molar-refractivity contribution is 6.15. The Balaban J connectivity index is 0.000000402. The normalized spacial score (nSPS) is 16.5. The maximum atomic E-state index is 12.3. The van der Waals surface area contributed by atoms with E-state index < -0.39 is 36.1 Å². The predicted octanol–water partition coefficient (Wildman–Crippen LogP) is 1.79. The van der Waals surface area contributed by atoms with Crippen molar-refractivity contribution in [2.24, 2.45) is 0 Å². The van der Waals surface area contributed by atoms with E-state index in [1.807, 2.05) is 0 Å². The summed E-state index contributed by atoms with van der Waals surface area (Å²) in [5.74, 6) is -3.05. The van der Waals surface area contributed by atoms with Crippen LogP contribution in [0.25, 0.3) is 0 Å². The Labute approximate surface area is 200 Å². The van der Waals surface area contributed by atoms with Crippen LogP contribution in [-0.2, 0) is 38.0 Å². The van der Waals surface area contributed by atoms with Gasteiger partial charge in [-0.1, -0.05) is 6.58 Å². The third-order valence-corrected chi connectivity index (χ3v) is 4.51. The first-order chi connectivity index (χ1) is 16.7. The number of methoxy groups -OCH3 is 1. The molecule has 12 heteroatoms. The average Bonchev–Trinajstić information content (AvgIpc) is 3.37. The van der Waals surface area contributed by atoms with Gasteiger partial charge >= 0.3 is 30.0 Å². The van der Waals surface area contributed by atoms with Crippen LogP contribution in [0.3, 0.4) is 0 Å². The van der Waals surface area contributed by atoms with Gasteiger partial charge in [0.25, 0.3) is 0 Å². The molecule has 0 aliphatic carbocycles. The van der Waals surface area contributed by atoms with E-state index in [-0.39, 0.29) is 47.8 Å². The summed E-state index contributed by atoms with van der Waals surface area (Å²) >= 11 is 0. The summed E-state index contributed by atoms with van der Waals surface area (Å²) < 4.78 is 28.5. The van der Waals surface area contributed by atoms with E-state index >= 15 is 0 Å². The summed E-state index contributed by atoms with van der Waals surface area (Å²) in [6.07, 6.45) is -0.742. The fraction of sp³-hybridized carbons (Fsp3) is 0.391. The second kappa shape index (κ2) is 13.0. The van der Waals surface area contributed by atoms with Crippen molar-refractivity contribution in [1.29, 1.82) is 0 Å². The Bertz CT molecular complexity index is 1010. The van der Waals surface area contributed by atoms with Crippen LogP contribution < -0.4 is 0 Å². The first kappa shape index (κ1) is 27.2. The summed E-state index contributed by atoms with van der Waals surface area (Å²) in [6.45, 7) is 5.39. The molecular weight excluding hydrogens is 468 g/mol. The number of benzene rings is 1. The fourth-order valence-electron chi connectivity index (χ4n) is 2.79. The van der Waals surface area contributed by atoms with Gasteiger partial charge in [0.05, 0.1) is 23.3 Å². The van der Waals surface area contributed by atoms with E-state index in [1.54, 1.807) is 7.11 Å². The molecule has 2 heterocycles. The van der Waals surface area contributed by atoms with Gasteiger partial charge in [-0.3, -0.25) is 0 Å². The van der Waals surface area contributed by atoms with Crippen molar-refractivity contribution in [1.82, 2.24) is 0 Å². The highest BCUT2D eigenvalue weighted by Gasteiger charge is 2.31. The van der Waals surface area contributed by atoms with Crippen molar-refractivity contribution in [3.63, 3.8) is 0 Å². The number of cyclic esters (lactones) is 4. The summed E-state index contributed by atoms with van der Waals surface area (Å²) in [6, 6.07) is 3.81. The van der Waals surface area contributed by atoms with Crippen molar-refractivity contribution in [2.45, 2.75) is 32.0 Å². The lowest BCUT2D eigenvalue weighted by Crippen LogP contribution is -2.26. The summed E-state index contributed by atoms with van der Waals surface area (Å²) in [5.41, 5.74) is 0.257. The van der Waals surface area contributed by atoms with Gasteiger partial charge in [0, 0.05) is 19.1 Å². The van der Waals surface area contributed by atoms with Crippen molar-refractivity contribution in [3.05, 3.63) is 47.0 Å². The molecule has 188 valence electrons. The summed E-state index contributed by atoms with van der Waals surface area (Å²) in [4.78, 5) is 67.5. The third-order valence-electron chi connectivity index (χ3n) is 4.51. The number of carbonyl (C=O) groups is 6. The van der Waals surface area contributed by atoms with E-state index in [2.05, 4.69) is 20.8 Å². The zero-order valence-electron chi connectivity index (χ0n) is 19.1. The number of esters is 4. The van der Waals surface area contributed by atoms with Crippen molar-refractivity contribution in [2.75, 3.05) is 26.9 Å². The minimum absolute atomic E-state index is 0.0254. The number of aldehydes is 1. The molecule has 3 rings (SSSR count). The maximum Gasteiger partial charge on any atom is 0.508 e. The monoisotopic (exact) mass is 492 g/mol. The smallest absolute Gasteiger partial charge is 0.458 e. The molecule has 1 aromatic carbocycles. The molecule has 12 nitrogen and oxygen atoms in total. The molecule has 2 aliphatic heterocycles. The molecule has 2 atom stereocenters. The molecule has 0 N–H and O–H groups in total. The van der Waals surface area contributed by atoms with Crippen molar-refractivity contribution < 1.29 is 57.2 Å². The average molecular weight is 492 g/mol. The Morgan fingerprint density at radius 3 is 2.51 bits per heavy atom. The van der Waals surface area contributed by atoms with E-state index in [9.17, 15) is 28.8 Å². The zero-order chi connectivity index (χ0) is 26.0. The first-order valence-electron chi connectivity index (χ1n) is 10.4. The van der Waals surface area contributed by atoms with Crippen LogP contribution >= 0.6 is 0 Å². The van der Waals surface area contributed by atoms with Crippen LogP contribution in [0.15, 0.2) is 30.4 Å². The Morgan fingerprint density at radius 2 is 1.91 bits per heavy atom. The van der Waals surface area contributed by atoms with Gasteiger partial charge in [0.15, 0.2) is 6.10 Å². The first-order valence-corrected chi connectivity index (χ1v) is 10.4. The summed E-state index contributed by atoms with van der Waals surface area (Å²) in [7, 11) is 1.55. The molecule has 0 radical (unpaired) electrons. The van der Waals surface area contributed by atoms with Gasteiger partial charge in [0.2, 0.25) is 0 Å². The van der Waals surface area contributed by atoms with E-state index in [0.717, 1.165) is 0 Å². The largest absolute Gasteiger partial charge is 0.508 e. The topological polar surface area (TPSA) is 158 Å². The molecule has 0 spiro atoms. The number of fused-ring (bicyclic) bond motifs is 1. The van der Waals surface area contributed by atoms with Gasteiger partial charge in [0.1, 0.15) is 25.6 Å². The lowest BCUT2D eigenvalue weighted by Gasteiger charge is -2.17. The molecule has 0 saturated carbocycles. The van der Waals surface area contributed by atoms with Gasteiger partial charge in [-0.05, 0) is 31.5 Å². The molecule has 2 unspecified atom stereocenters. The van der Waals surface area contributed by atoms with E-state index in [1.165, 1.54) is 25.1 Å². The van der Waals surface area contributed by atoms with E-state index in [4.69, 9.17) is 14.2 Å². The van der Waals surface area contributed by atoms with Gasteiger partial charge in [-0.25, -0.2) is 24.0 Å². The quantitative estimate of drug-likeness (QED) is 0.153. The standard InChI is InChI=1S/C18H16O8.C5H8O4/c1-10(2)15(20)24-9-12(4-3-7-19)25-16(21)11-5-6-13-14(8-11)18(23)26-17(13)22;1-7-2-4-3-8-5(6)9-4/h5-8,12H,1,3-4,9H2,2H3;4H,2-3H2,1H3. The molecule has 0 bridgehead atoms. The van der Waals surface area contributed by atoms with Crippen LogP contribution in [0, 0.1) is 0 Å². The highest BCUT2D eigenvalue weighted by atomic mass is 16.8. The molecule has 1 fully saturated rings. The molecule has 1 saturated heterocycles. The van der Waals surface area contributed by atoms with Crippen LogP contribution in [-0.4, -0.2) is 75.5 Å². The second-order valence-electron chi connectivity index (χ2n) is 7.34. The second-order valence-corrected chi connectivity index (χ2v) is 7.34. The lowest BCUT2D eigenvalue weighted by atomic mass is 10.1. The zero-order valence-corrected chi connectivity index (χ0v) is 19.1. The Hall–Kier alpha value is -4.06. The molecule has 35 heavy (non-hydrogen) atoms. The van der Waals surface area contributed by atoms with E-state index in [0.29, 0.717) is 19.5 Å². The molecule has 1 aromatic rings. The van der Waals surface area contributed by atoms with Crippen LogP contribution in [0.2, 0.25) is 0 Å². The number of carbonyl (C=O) groups excluding carboxylic acids is 6. The SMILES string of the molecule is C=C(C)C(=O)OCC(CCC=O)OC(=O)c1ccc2c(c1)C(=O)OC2=O.COCC1COC(=O)O1. The number of hydrogen-bond donors (Lipinski definition) is 0. The Kier molecular flexibility index (Phi) is 10.1. The molecular formula is C23H24O12. The minimum atomic E-state index is -0.849. The van der Waals surface area contributed by atoms with Crippen LogP contribution in [0.4, 0.5) is 4.79 Å². The molecule has 0 amide bonds. The van der Waals surface area contributed by atoms with Crippen LogP contribution in [0.5, 0.6) is 0 Å². The predicted molar refractivity (Wildman–Crippen MR) is 115 cm³/mol. The van der Waals surface area contributed by atoms with Gasteiger partial charge in [-0.15, -0.1) is 0 Å². The number of ether oxygens (including phenoxy) is 6. The highest BCUT2D eigenvalue weighted by Crippen LogP contribution is 2.22. The fourth-order valence-corrected chi connectivity index (χ4v) is 2.79. The van der Waals surface area contributed by atoms with Gasteiger partial charge in [-0.2, -0.15) is 0 Å².